The average Bonchev–Trinajstić information content (AvgIpc) is 2.75. The summed E-state index contributed by atoms with van der Waals surface area (Å²) in [4.78, 5) is 4.18. The molecule has 2 rings (SSSR count). The third kappa shape index (κ3) is 2.45. The molecule has 5 heteroatoms. The number of aryl methyl sites for hydroxylation is 1. The molecule has 0 radical (unpaired) electrons. The summed E-state index contributed by atoms with van der Waals surface area (Å²) >= 11 is 1.44. The second-order valence-corrected chi connectivity index (χ2v) is 4.64. The molecule has 90 valence electrons. The zero-order valence-corrected chi connectivity index (χ0v) is 10.3. The molecule has 3 nitrogen and oxygen atoms in total. The fourth-order valence-corrected chi connectivity index (χ4v) is 2.21. The number of hydrogen-bond acceptors (Lipinski definition) is 4. The van der Waals surface area contributed by atoms with Crippen LogP contribution in [0.25, 0.3) is 0 Å². The van der Waals surface area contributed by atoms with Crippen molar-refractivity contribution >= 4 is 11.3 Å². The van der Waals surface area contributed by atoms with Gasteiger partial charge in [0.2, 0.25) is 0 Å². The van der Waals surface area contributed by atoms with Crippen LogP contribution in [0.5, 0.6) is 5.75 Å². The second-order valence-electron chi connectivity index (χ2n) is 3.58. The van der Waals surface area contributed by atoms with Gasteiger partial charge >= 0.3 is 0 Å². The number of aromatic nitrogens is 1. The van der Waals surface area contributed by atoms with Gasteiger partial charge in [0.25, 0.3) is 0 Å². The highest BCUT2D eigenvalue weighted by molar-refractivity contribution is 7.09. The molecule has 0 fully saturated rings. The molecule has 1 heterocycles. The summed E-state index contributed by atoms with van der Waals surface area (Å²) in [5.74, 6) is 0.0383. The molecule has 0 aliphatic carbocycles. The number of aliphatic hydroxyl groups is 1. The molecule has 0 spiro atoms. The minimum Gasteiger partial charge on any atom is -0.496 e. The quantitative estimate of drug-likeness (QED) is 0.914. The van der Waals surface area contributed by atoms with Gasteiger partial charge in [0.15, 0.2) is 0 Å². The summed E-state index contributed by atoms with van der Waals surface area (Å²) in [7, 11) is 1.48. The number of benzene rings is 1. The van der Waals surface area contributed by atoms with E-state index in [1.54, 1.807) is 5.38 Å². The lowest BCUT2D eigenvalue weighted by atomic mass is 10.1. The van der Waals surface area contributed by atoms with Crippen molar-refractivity contribution in [3.8, 4) is 5.75 Å². The molecule has 1 N–H and O–H groups in total. The summed E-state index contributed by atoms with van der Waals surface area (Å²) in [6, 6.07) is 4.05. The van der Waals surface area contributed by atoms with E-state index >= 15 is 0 Å². The van der Waals surface area contributed by atoms with Crippen molar-refractivity contribution in [1.29, 1.82) is 0 Å². The van der Waals surface area contributed by atoms with Crippen molar-refractivity contribution in [3.05, 3.63) is 45.7 Å². The van der Waals surface area contributed by atoms with Crippen molar-refractivity contribution in [2.24, 2.45) is 0 Å². The van der Waals surface area contributed by atoms with Gasteiger partial charge < -0.3 is 9.84 Å². The van der Waals surface area contributed by atoms with E-state index in [1.165, 1.54) is 36.6 Å². The lowest BCUT2D eigenvalue weighted by Crippen LogP contribution is -2.03. The van der Waals surface area contributed by atoms with Gasteiger partial charge in [-0.2, -0.15) is 0 Å². The molecule has 1 atom stereocenters. The van der Waals surface area contributed by atoms with Gasteiger partial charge in [-0.3, -0.25) is 0 Å². The van der Waals surface area contributed by atoms with E-state index in [0.29, 0.717) is 17.0 Å². The average molecular weight is 253 g/mol. The van der Waals surface area contributed by atoms with Crippen LogP contribution in [-0.2, 0) is 0 Å². The van der Waals surface area contributed by atoms with Crippen LogP contribution < -0.4 is 4.74 Å². The van der Waals surface area contributed by atoms with E-state index in [-0.39, 0.29) is 0 Å². The topological polar surface area (TPSA) is 42.4 Å². The van der Waals surface area contributed by atoms with Crippen LogP contribution in [0.15, 0.2) is 23.6 Å². The monoisotopic (exact) mass is 253 g/mol. The van der Waals surface area contributed by atoms with E-state index in [1.807, 2.05) is 6.92 Å². The first-order valence-electron chi connectivity index (χ1n) is 5.05. The Kier molecular flexibility index (Phi) is 3.40. The molecule has 1 aromatic heterocycles. The predicted molar refractivity (Wildman–Crippen MR) is 63.9 cm³/mol. The molecule has 0 amide bonds. The minimum absolute atomic E-state index is 0.387. The zero-order chi connectivity index (χ0) is 12.4. The Bertz CT molecular complexity index is 527. The number of thiazole rings is 1. The Morgan fingerprint density at radius 2 is 2.24 bits per heavy atom. The van der Waals surface area contributed by atoms with Crippen LogP contribution in [0.4, 0.5) is 4.39 Å². The molecule has 1 unspecified atom stereocenters. The van der Waals surface area contributed by atoms with Gasteiger partial charge in [0.1, 0.15) is 17.7 Å². The van der Waals surface area contributed by atoms with Gasteiger partial charge in [0, 0.05) is 10.9 Å². The van der Waals surface area contributed by atoms with E-state index in [2.05, 4.69) is 4.98 Å². The van der Waals surface area contributed by atoms with Gasteiger partial charge in [-0.05, 0) is 25.1 Å². The fraction of sp³-hybridized carbons (Fsp3) is 0.250. The molecule has 0 aliphatic rings. The Hall–Kier alpha value is -1.46. The molecule has 2 aromatic rings. The summed E-state index contributed by atoms with van der Waals surface area (Å²) in [5.41, 5.74) is 0.897. The van der Waals surface area contributed by atoms with E-state index in [0.717, 1.165) is 5.01 Å². The normalized spacial score (nSPS) is 12.5. The predicted octanol–water partition coefficient (Wildman–Crippen LogP) is 2.68. The Morgan fingerprint density at radius 3 is 2.82 bits per heavy atom. The van der Waals surface area contributed by atoms with Gasteiger partial charge in [0.05, 0.1) is 17.8 Å². The Balaban J connectivity index is 2.42. The van der Waals surface area contributed by atoms with Crippen LogP contribution in [0, 0.1) is 12.7 Å². The number of methoxy groups -OCH3 is 1. The second kappa shape index (κ2) is 4.81. The van der Waals surface area contributed by atoms with E-state index in [9.17, 15) is 9.50 Å². The van der Waals surface area contributed by atoms with Gasteiger partial charge in [-0.25, -0.2) is 9.37 Å². The van der Waals surface area contributed by atoms with Crippen LogP contribution in [0.2, 0.25) is 0 Å². The Labute approximate surface area is 103 Å². The first-order chi connectivity index (χ1) is 8.11. The van der Waals surface area contributed by atoms with Crippen LogP contribution in [0.3, 0.4) is 0 Å². The van der Waals surface area contributed by atoms with Crippen molar-refractivity contribution in [2.45, 2.75) is 13.0 Å². The largest absolute Gasteiger partial charge is 0.496 e. The molecule has 0 bridgehead atoms. The first-order valence-corrected chi connectivity index (χ1v) is 5.93. The number of hydrogen-bond donors (Lipinski definition) is 1. The lowest BCUT2D eigenvalue weighted by molar-refractivity contribution is 0.210. The van der Waals surface area contributed by atoms with E-state index < -0.39 is 11.9 Å². The third-order valence-corrected chi connectivity index (χ3v) is 3.20. The smallest absolute Gasteiger partial charge is 0.125 e. The maximum Gasteiger partial charge on any atom is 0.125 e. The highest BCUT2D eigenvalue weighted by atomic mass is 32.1. The standard InChI is InChI=1S/C12H12FNO2S/c1-7-14-10(6-17-7)12(15)9-5-8(13)3-4-11(9)16-2/h3-6,12,15H,1-2H3. The molecular weight excluding hydrogens is 241 g/mol. The van der Waals surface area contributed by atoms with Crippen molar-refractivity contribution in [3.63, 3.8) is 0 Å². The molecule has 0 saturated carbocycles. The highest BCUT2D eigenvalue weighted by Gasteiger charge is 2.18. The SMILES string of the molecule is COc1ccc(F)cc1C(O)c1csc(C)n1. The summed E-state index contributed by atoms with van der Waals surface area (Å²) in [6.07, 6.45) is -0.967. The fourth-order valence-electron chi connectivity index (χ4n) is 1.58. The zero-order valence-electron chi connectivity index (χ0n) is 9.48. The van der Waals surface area contributed by atoms with Crippen LogP contribution >= 0.6 is 11.3 Å². The number of aliphatic hydroxyl groups excluding tert-OH is 1. The summed E-state index contributed by atoms with van der Waals surface area (Å²) in [6.45, 7) is 1.85. The molecule has 0 aliphatic heterocycles. The first kappa shape index (κ1) is 12.0. The maximum atomic E-state index is 13.2. The summed E-state index contributed by atoms with van der Waals surface area (Å²) in [5, 5.41) is 12.7. The Morgan fingerprint density at radius 1 is 1.47 bits per heavy atom. The van der Waals surface area contributed by atoms with Crippen LogP contribution in [-0.4, -0.2) is 17.2 Å². The van der Waals surface area contributed by atoms with E-state index in [4.69, 9.17) is 4.74 Å². The van der Waals surface area contributed by atoms with Crippen molar-refractivity contribution < 1.29 is 14.2 Å². The molecule has 0 saturated heterocycles. The summed E-state index contributed by atoms with van der Waals surface area (Å²) < 4.78 is 18.3. The van der Waals surface area contributed by atoms with Crippen LogP contribution in [0.1, 0.15) is 22.4 Å². The molecule has 17 heavy (non-hydrogen) atoms. The maximum absolute atomic E-state index is 13.2. The number of nitrogens with zero attached hydrogens (tertiary/aromatic N) is 1. The highest BCUT2D eigenvalue weighted by Crippen LogP contribution is 2.30. The molecular formula is C12H12FNO2S. The van der Waals surface area contributed by atoms with Gasteiger partial charge in [-0.1, -0.05) is 0 Å². The number of rotatable bonds is 3. The van der Waals surface area contributed by atoms with Crippen molar-refractivity contribution in [2.75, 3.05) is 7.11 Å². The van der Waals surface area contributed by atoms with Crippen molar-refractivity contribution in [1.82, 2.24) is 4.98 Å². The minimum atomic E-state index is -0.967. The number of ether oxygens (including phenoxy) is 1. The number of halogens is 1. The lowest BCUT2D eigenvalue weighted by Gasteiger charge is -2.13. The third-order valence-electron chi connectivity index (χ3n) is 2.40. The molecule has 1 aromatic carbocycles. The van der Waals surface area contributed by atoms with Gasteiger partial charge in [-0.15, -0.1) is 11.3 Å².